The first-order chi connectivity index (χ1) is 10.2. The number of hydrogen-bond acceptors (Lipinski definition) is 4. The molecular weight excluding hydrogens is 286 g/mol. The van der Waals surface area contributed by atoms with Gasteiger partial charge in [-0.3, -0.25) is 0 Å². The lowest BCUT2D eigenvalue weighted by atomic mass is 10.1. The first-order valence-corrected chi connectivity index (χ1v) is 7.06. The van der Waals surface area contributed by atoms with Crippen LogP contribution in [0.25, 0.3) is 0 Å². The third kappa shape index (κ3) is 6.47. The van der Waals surface area contributed by atoms with E-state index in [4.69, 9.17) is 9.47 Å². The third-order valence-electron chi connectivity index (χ3n) is 2.87. The van der Waals surface area contributed by atoms with Crippen molar-refractivity contribution in [3.63, 3.8) is 0 Å². The Labute approximate surface area is 130 Å². The summed E-state index contributed by atoms with van der Waals surface area (Å²) in [6.07, 6.45) is 0.0760. The Bertz CT molecular complexity index is 504. The monoisotopic (exact) mass is 309 g/mol. The minimum Gasteiger partial charge on any atom is -0.497 e. The maximum atomic E-state index is 11.7. The number of aliphatic carboxylic acids is 1. The van der Waals surface area contributed by atoms with Gasteiger partial charge in [0.2, 0.25) is 0 Å². The lowest BCUT2D eigenvalue weighted by molar-refractivity contribution is -0.139. The molecule has 0 aliphatic heterocycles. The quantitative estimate of drug-likeness (QED) is 0.843. The molecule has 0 aliphatic rings. The van der Waals surface area contributed by atoms with Gasteiger partial charge in [-0.25, -0.2) is 9.59 Å². The molecule has 0 spiro atoms. The molecule has 0 aromatic heterocycles. The molecule has 122 valence electrons. The minimum absolute atomic E-state index is 0.279. The van der Waals surface area contributed by atoms with Gasteiger partial charge in [0.15, 0.2) is 0 Å². The molecule has 1 rings (SSSR count). The molecule has 0 saturated heterocycles. The van der Waals surface area contributed by atoms with Crippen LogP contribution in [-0.4, -0.2) is 35.9 Å². The molecule has 1 amide bonds. The highest BCUT2D eigenvalue weighted by molar-refractivity contribution is 5.80. The van der Waals surface area contributed by atoms with Crippen LogP contribution in [0.3, 0.4) is 0 Å². The molecular formula is C16H23NO5. The fourth-order valence-electron chi connectivity index (χ4n) is 1.81. The molecule has 1 aromatic carbocycles. The minimum atomic E-state index is -1.08. The fourth-order valence-corrected chi connectivity index (χ4v) is 1.81. The number of amides is 1. The Morgan fingerprint density at radius 3 is 2.27 bits per heavy atom. The molecule has 1 atom stereocenters. The van der Waals surface area contributed by atoms with Gasteiger partial charge in [0, 0.05) is 0 Å². The van der Waals surface area contributed by atoms with Crippen LogP contribution in [0.1, 0.15) is 32.8 Å². The number of ether oxygens (including phenoxy) is 2. The molecule has 22 heavy (non-hydrogen) atoms. The number of carbonyl (C=O) groups excluding carboxylic acids is 1. The van der Waals surface area contributed by atoms with Gasteiger partial charge >= 0.3 is 12.1 Å². The van der Waals surface area contributed by atoms with Gasteiger partial charge in [-0.05, 0) is 51.3 Å². The van der Waals surface area contributed by atoms with Crippen molar-refractivity contribution < 1.29 is 24.2 Å². The highest BCUT2D eigenvalue weighted by Gasteiger charge is 2.23. The first-order valence-electron chi connectivity index (χ1n) is 7.06. The van der Waals surface area contributed by atoms with E-state index in [0.717, 1.165) is 11.3 Å². The van der Waals surface area contributed by atoms with Crippen molar-refractivity contribution in [1.29, 1.82) is 0 Å². The lowest BCUT2D eigenvalue weighted by Crippen LogP contribution is -2.43. The number of carboxylic acid groups (broad SMARTS) is 1. The molecule has 0 heterocycles. The number of hydrogen-bond donors (Lipinski definition) is 2. The van der Waals surface area contributed by atoms with Crippen molar-refractivity contribution in [2.45, 2.75) is 45.3 Å². The van der Waals surface area contributed by atoms with Crippen LogP contribution in [0.15, 0.2) is 24.3 Å². The first kappa shape index (κ1) is 17.8. The lowest BCUT2D eigenvalue weighted by Gasteiger charge is -2.22. The molecule has 0 saturated carbocycles. The summed E-state index contributed by atoms with van der Waals surface area (Å²) in [6, 6.07) is 6.37. The zero-order valence-corrected chi connectivity index (χ0v) is 13.4. The molecule has 6 heteroatoms. The maximum Gasteiger partial charge on any atom is 0.408 e. The highest BCUT2D eigenvalue weighted by atomic mass is 16.6. The van der Waals surface area contributed by atoms with E-state index in [0.29, 0.717) is 6.42 Å². The number of methoxy groups -OCH3 is 1. The number of nitrogens with one attached hydrogen (secondary N) is 1. The van der Waals surface area contributed by atoms with Gasteiger partial charge in [0.25, 0.3) is 0 Å². The molecule has 0 unspecified atom stereocenters. The SMILES string of the molecule is COc1ccc(CC[C@H](NC(=O)OC(C)(C)C)C(=O)O)cc1. The van der Waals surface area contributed by atoms with Gasteiger partial charge in [-0.1, -0.05) is 12.1 Å². The normalized spacial score (nSPS) is 12.4. The van der Waals surface area contributed by atoms with Crippen LogP contribution in [0, 0.1) is 0 Å². The van der Waals surface area contributed by atoms with Gasteiger partial charge < -0.3 is 19.9 Å². The zero-order chi connectivity index (χ0) is 16.8. The number of alkyl carbamates (subject to hydrolysis) is 1. The Morgan fingerprint density at radius 2 is 1.82 bits per heavy atom. The van der Waals surface area contributed by atoms with Gasteiger partial charge in [0.05, 0.1) is 7.11 Å². The van der Waals surface area contributed by atoms with Crippen molar-refractivity contribution in [3.8, 4) is 5.75 Å². The molecule has 0 radical (unpaired) electrons. The Hall–Kier alpha value is -2.24. The summed E-state index contributed by atoms with van der Waals surface area (Å²) >= 11 is 0. The average molecular weight is 309 g/mol. The summed E-state index contributed by atoms with van der Waals surface area (Å²) in [5, 5.41) is 11.6. The smallest absolute Gasteiger partial charge is 0.408 e. The van der Waals surface area contributed by atoms with E-state index in [2.05, 4.69) is 5.32 Å². The maximum absolute atomic E-state index is 11.7. The second-order valence-corrected chi connectivity index (χ2v) is 5.92. The number of carbonyl (C=O) groups is 2. The van der Waals surface area contributed by atoms with Crippen LogP contribution < -0.4 is 10.1 Å². The third-order valence-corrected chi connectivity index (χ3v) is 2.87. The standard InChI is InChI=1S/C16H23NO5/c1-16(2,3)22-15(20)17-13(14(18)19)10-7-11-5-8-12(21-4)9-6-11/h5-6,8-9,13H,7,10H2,1-4H3,(H,17,20)(H,18,19)/t13-/m0/s1. The van der Waals surface area contributed by atoms with Crippen molar-refractivity contribution in [3.05, 3.63) is 29.8 Å². The Balaban J connectivity index is 2.57. The van der Waals surface area contributed by atoms with Crippen molar-refractivity contribution >= 4 is 12.1 Å². The second kappa shape index (κ2) is 7.68. The fraction of sp³-hybridized carbons (Fsp3) is 0.500. The topological polar surface area (TPSA) is 84.9 Å². The summed E-state index contributed by atoms with van der Waals surface area (Å²) in [4.78, 5) is 22.9. The molecule has 0 bridgehead atoms. The highest BCUT2D eigenvalue weighted by Crippen LogP contribution is 2.14. The summed E-state index contributed by atoms with van der Waals surface area (Å²) in [5.74, 6) is -0.343. The van der Waals surface area contributed by atoms with Gasteiger partial charge in [-0.15, -0.1) is 0 Å². The van der Waals surface area contributed by atoms with Crippen molar-refractivity contribution in [2.75, 3.05) is 7.11 Å². The van der Waals surface area contributed by atoms with E-state index >= 15 is 0 Å². The van der Waals surface area contributed by atoms with E-state index in [-0.39, 0.29) is 6.42 Å². The number of aryl methyl sites for hydroxylation is 1. The Kier molecular flexibility index (Phi) is 6.22. The van der Waals surface area contributed by atoms with Crippen LogP contribution in [-0.2, 0) is 16.0 Å². The molecule has 1 aromatic rings. The summed E-state index contributed by atoms with van der Waals surface area (Å²) in [7, 11) is 1.58. The van der Waals surface area contributed by atoms with E-state index in [1.165, 1.54) is 0 Å². The largest absolute Gasteiger partial charge is 0.497 e. The average Bonchev–Trinajstić information content (AvgIpc) is 2.41. The van der Waals surface area contributed by atoms with Gasteiger partial charge in [0.1, 0.15) is 17.4 Å². The van der Waals surface area contributed by atoms with Crippen LogP contribution in [0.2, 0.25) is 0 Å². The van der Waals surface area contributed by atoms with Gasteiger partial charge in [-0.2, -0.15) is 0 Å². The van der Waals surface area contributed by atoms with Crippen LogP contribution in [0.5, 0.6) is 5.75 Å². The summed E-state index contributed by atoms with van der Waals surface area (Å²) < 4.78 is 10.1. The van der Waals surface area contributed by atoms with E-state index in [1.807, 2.05) is 24.3 Å². The molecule has 0 fully saturated rings. The number of benzene rings is 1. The zero-order valence-electron chi connectivity index (χ0n) is 13.4. The van der Waals surface area contributed by atoms with Crippen molar-refractivity contribution in [2.24, 2.45) is 0 Å². The number of carboxylic acids is 1. The summed E-state index contributed by atoms with van der Waals surface area (Å²) in [5.41, 5.74) is 0.307. The second-order valence-electron chi connectivity index (χ2n) is 5.92. The van der Waals surface area contributed by atoms with E-state index in [9.17, 15) is 14.7 Å². The van der Waals surface area contributed by atoms with Crippen LogP contribution in [0.4, 0.5) is 4.79 Å². The van der Waals surface area contributed by atoms with Crippen molar-refractivity contribution in [1.82, 2.24) is 5.32 Å². The van der Waals surface area contributed by atoms with Crippen LogP contribution >= 0.6 is 0 Å². The predicted octanol–water partition coefficient (Wildman–Crippen LogP) is 2.61. The summed E-state index contributed by atoms with van der Waals surface area (Å²) in [6.45, 7) is 5.17. The predicted molar refractivity (Wildman–Crippen MR) is 82.1 cm³/mol. The molecule has 0 aliphatic carbocycles. The Morgan fingerprint density at radius 1 is 1.23 bits per heavy atom. The molecule has 6 nitrogen and oxygen atoms in total. The van der Waals surface area contributed by atoms with E-state index in [1.54, 1.807) is 27.9 Å². The number of rotatable bonds is 6. The van der Waals surface area contributed by atoms with E-state index < -0.39 is 23.7 Å². The molecule has 2 N–H and O–H groups in total.